The zero-order valence-electron chi connectivity index (χ0n) is 9.07. The summed E-state index contributed by atoms with van der Waals surface area (Å²) in [5.74, 6) is -0.317. The molecule has 0 saturated heterocycles. The normalized spacial score (nSPS) is 10.0. The van der Waals surface area contributed by atoms with Crippen molar-refractivity contribution in [2.45, 2.75) is 6.54 Å². The SMILES string of the molecule is O=C(NCc1ccc([N+](=O)[O-])cc1)c1csnn1. The van der Waals surface area contributed by atoms with Gasteiger partial charge in [0.1, 0.15) is 0 Å². The average molecular weight is 264 g/mol. The van der Waals surface area contributed by atoms with Crippen LogP contribution in [0.1, 0.15) is 16.1 Å². The number of nitrogens with zero attached hydrogens (tertiary/aromatic N) is 3. The van der Waals surface area contributed by atoms with Crippen LogP contribution >= 0.6 is 11.5 Å². The molecule has 0 aliphatic carbocycles. The van der Waals surface area contributed by atoms with E-state index < -0.39 is 4.92 Å². The lowest BCUT2D eigenvalue weighted by molar-refractivity contribution is -0.384. The molecule has 0 saturated carbocycles. The first-order valence-electron chi connectivity index (χ1n) is 4.95. The molecule has 0 radical (unpaired) electrons. The molecule has 0 unspecified atom stereocenters. The van der Waals surface area contributed by atoms with E-state index in [1.165, 1.54) is 12.1 Å². The highest BCUT2D eigenvalue weighted by Gasteiger charge is 2.08. The molecular formula is C10H8N4O3S. The standard InChI is InChI=1S/C10H8N4O3S/c15-10(9-6-18-13-12-9)11-5-7-1-3-8(4-2-7)14(16)17/h1-4,6H,5H2,(H,11,15). The Morgan fingerprint density at radius 2 is 2.11 bits per heavy atom. The summed E-state index contributed by atoms with van der Waals surface area (Å²) < 4.78 is 3.59. The number of nitro benzene ring substituents is 1. The fourth-order valence-corrected chi connectivity index (χ4v) is 1.71. The maximum absolute atomic E-state index is 11.5. The summed E-state index contributed by atoms with van der Waals surface area (Å²) in [6, 6.07) is 5.98. The Hall–Kier alpha value is -2.35. The van der Waals surface area contributed by atoms with E-state index in [0.717, 1.165) is 17.1 Å². The maximum Gasteiger partial charge on any atom is 0.273 e. The second kappa shape index (κ2) is 5.32. The van der Waals surface area contributed by atoms with E-state index in [4.69, 9.17) is 0 Å². The van der Waals surface area contributed by atoms with Crippen molar-refractivity contribution < 1.29 is 9.72 Å². The Labute approximate surface area is 106 Å². The van der Waals surface area contributed by atoms with Gasteiger partial charge in [0.25, 0.3) is 11.6 Å². The highest BCUT2D eigenvalue weighted by molar-refractivity contribution is 7.03. The van der Waals surface area contributed by atoms with Gasteiger partial charge in [-0.3, -0.25) is 14.9 Å². The first-order valence-corrected chi connectivity index (χ1v) is 5.79. The molecule has 8 heteroatoms. The Bertz CT molecular complexity index is 553. The Morgan fingerprint density at radius 3 is 2.67 bits per heavy atom. The lowest BCUT2D eigenvalue weighted by Crippen LogP contribution is -2.23. The van der Waals surface area contributed by atoms with E-state index in [1.807, 2.05) is 0 Å². The van der Waals surface area contributed by atoms with Crippen LogP contribution in [-0.4, -0.2) is 20.4 Å². The highest BCUT2D eigenvalue weighted by atomic mass is 32.1. The predicted molar refractivity (Wildman–Crippen MR) is 64.2 cm³/mol. The molecule has 2 rings (SSSR count). The van der Waals surface area contributed by atoms with Gasteiger partial charge in [0, 0.05) is 24.1 Å². The third kappa shape index (κ3) is 2.86. The van der Waals surface area contributed by atoms with Gasteiger partial charge in [-0.1, -0.05) is 16.6 Å². The van der Waals surface area contributed by atoms with Crippen LogP contribution in [0.4, 0.5) is 5.69 Å². The maximum atomic E-state index is 11.5. The number of rotatable bonds is 4. The van der Waals surface area contributed by atoms with E-state index in [9.17, 15) is 14.9 Å². The smallest absolute Gasteiger partial charge is 0.273 e. The minimum Gasteiger partial charge on any atom is -0.347 e. The molecular weight excluding hydrogens is 256 g/mol. The second-order valence-electron chi connectivity index (χ2n) is 3.40. The van der Waals surface area contributed by atoms with Gasteiger partial charge in [-0.15, -0.1) is 5.10 Å². The predicted octanol–water partition coefficient (Wildman–Crippen LogP) is 1.38. The first kappa shape index (κ1) is 12.1. The van der Waals surface area contributed by atoms with Crippen molar-refractivity contribution in [3.05, 3.63) is 51.0 Å². The topological polar surface area (TPSA) is 98.0 Å². The summed E-state index contributed by atoms with van der Waals surface area (Å²) in [6.45, 7) is 0.286. The minimum absolute atomic E-state index is 0.0220. The fraction of sp³-hybridized carbons (Fsp3) is 0.100. The molecule has 1 aromatic heterocycles. The van der Waals surface area contributed by atoms with Gasteiger partial charge >= 0.3 is 0 Å². The van der Waals surface area contributed by atoms with Crippen LogP contribution in [0.3, 0.4) is 0 Å². The summed E-state index contributed by atoms with van der Waals surface area (Å²) >= 11 is 1.10. The number of carbonyl (C=O) groups is 1. The van der Waals surface area contributed by atoms with Gasteiger partial charge in [-0.05, 0) is 17.1 Å². The number of non-ortho nitro benzene ring substituents is 1. The summed E-state index contributed by atoms with van der Waals surface area (Å²) in [7, 11) is 0. The number of aromatic nitrogens is 2. The van der Waals surface area contributed by atoms with Crippen LogP contribution in [0, 0.1) is 10.1 Å². The summed E-state index contributed by atoms with van der Waals surface area (Å²) in [5, 5.41) is 18.3. The number of hydrogen-bond acceptors (Lipinski definition) is 6. The van der Waals surface area contributed by atoms with Gasteiger partial charge in [-0.2, -0.15) is 0 Å². The molecule has 1 amide bonds. The summed E-state index contributed by atoms with van der Waals surface area (Å²) in [5.41, 5.74) is 1.06. The summed E-state index contributed by atoms with van der Waals surface area (Å²) in [4.78, 5) is 21.5. The fourth-order valence-electron chi connectivity index (χ4n) is 1.27. The van der Waals surface area contributed by atoms with Crippen LogP contribution in [0.25, 0.3) is 0 Å². The van der Waals surface area contributed by atoms with Crippen molar-refractivity contribution >= 4 is 23.1 Å². The molecule has 0 bridgehead atoms. The van der Waals surface area contributed by atoms with Gasteiger partial charge in [0.05, 0.1) is 4.92 Å². The van der Waals surface area contributed by atoms with E-state index >= 15 is 0 Å². The van der Waals surface area contributed by atoms with E-state index in [2.05, 4.69) is 14.9 Å². The molecule has 1 N–H and O–H groups in total. The number of benzene rings is 1. The van der Waals surface area contributed by atoms with Crippen molar-refractivity contribution in [2.24, 2.45) is 0 Å². The molecule has 1 heterocycles. The number of nitrogens with one attached hydrogen (secondary N) is 1. The zero-order chi connectivity index (χ0) is 13.0. The third-order valence-corrected chi connectivity index (χ3v) is 2.70. The molecule has 1 aromatic carbocycles. The number of nitro groups is 1. The van der Waals surface area contributed by atoms with Gasteiger partial charge in [0.15, 0.2) is 5.69 Å². The third-order valence-electron chi connectivity index (χ3n) is 2.19. The number of amides is 1. The lowest BCUT2D eigenvalue weighted by atomic mass is 10.2. The first-order chi connectivity index (χ1) is 8.66. The quantitative estimate of drug-likeness (QED) is 0.664. The average Bonchev–Trinajstić information content (AvgIpc) is 2.90. The highest BCUT2D eigenvalue weighted by Crippen LogP contribution is 2.11. The van der Waals surface area contributed by atoms with Gasteiger partial charge < -0.3 is 5.32 Å². The van der Waals surface area contributed by atoms with Crippen molar-refractivity contribution in [3.63, 3.8) is 0 Å². The van der Waals surface area contributed by atoms with Crippen molar-refractivity contribution in [1.82, 2.24) is 14.9 Å². The van der Waals surface area contributed by atoms with Gasteiger partial charge in [-0.25, -0.2) is 0 Å². The molecule has 0 fully saturated rings. The van der Waals surface area contributed by atoms with E-state index in [0.29, 0.717) is 0 Å². The van der Waals surface area contributed by atoms with Crippen molar-refractivity contribution in [3.8, 4) is 0 Å². The minimum atomic E-state index is -0.469. The Morgan fingerprint density at radius 1 is 1.39 bits per heavy atom. The Kier molecular flexibility index (Phi) is 3.58. The van der Waals surface area contributed by atoms with Crippen LogP contribution < -0.4 is 5.32 Å². The van der Waals surface area contributed by atoms with Crippen molar-refractivity contribution in [1.29, 1.82) is 0 Å². The summed E-state index contributed by atoms with van der Waals surface area (Å²) in [6.07, 6.45) is 0. The molecule has 0 spiro atoms. The van der Waals surface area contributed by atoms with Gasteiger partial charge in [0.2, 0.25) is 0 Å². The molecule has 0 aliphatic rings. The largest absolute Gasteiger partial charge is 0.347 e. The van der Waals surface area contributed by atoms with E-state index in [1.54, 1.807) is 17.5 Å². The van der Waals surface area contributed by atoms with Crippen LogP contribution in [0.2, 0.25) is 0 Å². The zero-order valence-corrected chi connectivity index (χ0v) is 9.88. The Balaban J connectivity index is 1.94. The molecule has 2 aromatic rings. The lowest BCUT2D eigenvalue weighted by Gasteiger charge is -2.02. The number of hydrogen-bond donors (Lipinski definition) is 1. The molecule has 0 aliphatic heterocycles. The van der Waals surface area contributed by atoms with Crippen LogP contribution in [-0.2, 0) is 6.54 Å². The number of carbonyl (C=O) groups excluding carboxylic acids is 1. The second-order valence-corrected chi connectivity index (χ2v) is 4.01. The molecule has 18 heavy (non-hydrogen) atoms. The monoisotopic (exact) mass is 264 g/mol. The molecule has 0 atom stereocenters. The van der Waals surface area contributed by atoms with Crippen LogP contribution in [0.15, 0.2) is 29.6 Å². The van der Waals surface area contributed by atoms with E-state index in [-0.39, 0.29) is 23.8 Å². The molecule has 7 nitrogen and oxygen atoms in total. The van der Waals surface area contributed by atoms with Crippen molar-refractivity contribution in [2.75, 3.05) is 0 Å². The van der Waals surface area contributed by atoms with Crippen LogP contribution in [0.5, 0.6) is 0 Å². The molecule has 92 valence electrons.